The van der Waals surface area contributed by atoms with Crippen LogP contribution in [0.5, 0.6) is 0 Å². The number of hydrogen-bond acceptors (Lipinski definition) is 3. The van der Waals surface area contributed by atoms with E-state index in [-0.39, 0.29) is 6.61 Å². The van der Waals surface area contributed by atoms with E-state index in [4.69, 9.17) is 11.5 Å². The summed E-state index contributed by atoms with van der Waals surface area (Å²) in [6.45, 7) is 0.190. The summed E-state index contributed by atoms with van der Waals surface area (Å²) in [6, 6.07) is -0.667. The van der Waals surface area contributed by atoms with Crippen molar-refractivity contribution in [2.24, 2.45) is 11.5 Å². The zero-order chi connectivity index (χ0) is 6.57. The Kier molecular flexibility index (Phi) is 3.14. The SMILES string of the molecule is COC[C@@H](N)C(N)=O. The zero-order valence-electron chi connectivity index (χ0n) is 4.76. The quantitative estimate of drug-likeness (QED) is 0.470. The summed E-state index contributed by atoms with van der Waals surface area (Å²) in [5.41, 5.74) is 9.91. The van der Waals surface area contributed by atoms with Crippen LogP contribution in [-0.4, -0.2) is 25.7 Å². The van der Waals surface area contributed by atoms with Crippen LogP contribution in [0.3, 0.4) is 0 Å². The van der Waals surface area contributed by atoms with Crippen LogP contribution >= 0.6 is 0 Å². The third-order valence-electron chi connectivity index (χ3n) is 0.712. The van der Waals surface area contributed by atoms with Gasteiger partial charge in [0.2, 0.25) is 5.91 Å². The molecule has 0 radical (unpaired) electrons. The van der Waals surface area contributed by atoms with Gasteiger partial charge in [0.25, 0.3) is 0 Å². The maximum atomic E-state index is 10.1. The smallest absolute Gasteiger partial charge is 0.236 e. The normalized spacial score (nSPS) is 13.2. The predicted molar refractivity (Wildman–Crippen MR) is 29.0 cm³/mol. The average molecular weight is 118 g/mol. The molecule has 8 heavy (non-hydrogen) atoms. The van der Waals surface area contributed by atoms with Crippen LogP contribution in [0.4, 0.5) is 0 Å². The van der Waals surface area contributed by atoms with E-state index in [0.29, 0.717) is 0 Å². The molecule has 4 nitrogen and oxygen atoms in total. The molecule has 4 heteroatoms. The third kappa shape index (κ3) is 2.54. The number of hydrogen-bond donors (Lipinski definition) is 2. The Morgan fingerprint density at radius 3 is 2.50 bits per heavy atom. The Balaban J connectivity index is 3.32. The fraction of sp³-hybridized carbons (Fsp3) is 0.750. The van der Waals surface area contributed by atoms with Crippen LogP contribution in [0.15, 0.2) is 0 Å². The van der Waals surface area contributed by atoms with Gasteiger partial charge < -0.3 is 16.2 Å². The van der Waals surface area contributed by atoms with Crippen LogP contribution < -0.4 is 11.5 Å². The summed E-state index contributed by atoms with van der Waals surface area (Å²) in [5, 5.41) is 0. The second-order valence-electron chi connectivity index (χ2n) is 1.46. The lowest BCUT2D eigenvalue weighted by Crippen LogP contribution is -2.39. The second kappa shape index (κ2) is 3.40. The maximum Gasteiger partial charge on any atom is 0.236 e. The van der Waals surface area contributed by atoms with Gasteiger partial charge in [-0.1, -0.05) is 0 Å². The van der Waals surface area contributed by atoms with Crippen molar-refractivity contribution in [2.75, 3.05) is 13.7 Å². The first-order chi connectivity index (χ1) is 3.68. The van der Waals surface area contributed by atoms with Gasteiger partial charge in [-0.2, -0.15) is 0 Å². The highest BCUT2D eigenvalue weighted by atomic mass is 16.5. The van der Waals surface area contributed by atoms with Gasteiger partial charge in [-0.25, -0.2) is 0 Å². The number of amides is 1. The lowest BCUT2D eigenvalue weighted by Gasteiger charge is -2.02. The fourth-order valence-electron chi connectivity index (χ4n) is 0.262. The maximum absolute atomic E-state index is 10.1. The number of carbonyl (C=O) groups is 1. The minimum absolute atomic E-state index is 0.190. The lowest BCUT2D eigenvalue weighted by atomic mass is 10.3. The summed E-state index contributed by atoms with van der Waals surface area (Å²) in [7, 11) is 1.46. The van der Waals surface area contributed by atoms with Crippen molar-refractivity contribution in [1.82, 2.24) is 0 Å². The highest BCUT2D eigenvalue weighted by molar-refractivity contribution is 5.79. The molecule has 0 aromatic rings. The Morgan fingerprint density at radius 2 is 2.38 bits per heavy atom. The van der Waals surface area contributed by atoms with E-state index in [0.717, 1.165) is 0 Å². The largest absolute Gasteiger partial charge is 0.383 e. The van der Waals surface area contributed by atoms with E-state index >= 15 is 0 Å². The number of rotatable bonds is 3. The second-order valence-corrected chi connectivity index (χ2v) is 1.46. The van der Waals surface area contributed by atoms with Crippen molar-refractivity contribution in [3.8, 4) is 0 Å². The first-order valence-electron chi connectivity index (χ1n) is 2.22. The van der Waals surface area contributed by atoms with E-state index in [1.165, 1.54) is 7.11 Å². The van der Waals surface area contributed by atoms with E-state index in [1.807, 2.05) is 0 Å². The van der Waals surface area contributed by atoms with Crippen molar-refractivity contribution in [1.29, 1.82) is 0 Å². The molecule has 0 heterocycles. The van der Waals surface area contributed by atoms with Crippen molar-refractivity contribution >= 4 is 5.91 Å². The molecule has 0 aliphatic heterocycles. The standard InChI is InChI=1S/C4H10N2O2/c1-8-2-3(5)4(6)7/h3H,2,5H2,1H3,(H2,6,7)/t3-/m1/s1. The molecule has 0 unspecified atom stereocenters. The number of nitrogens with two attached hydrogens (primary N) is 2. The summed E-state index contributed by atoms with van der Waals surface area (Å²) in [6.07, 6.45) is 0. The van der Waals surface area contributed by atoms with E-state index in [1.54, 1.807) is 0 Å². The number of primary amides is 1. The predicted octanol–water partition coefficient (Wildman–Crippen LogP) is -1.55. The molecule has 0 fully saturated rings. The molecule has 48 valence electrons. The molecule has 1 amide bonds. The van der Waals surface area contributed by atoms with Gasteiger partial charge in [-0.05, 0) is 0 Å². The number of ether oxygens (including phenoxy) is 1. The highest BCUT2D eigenvalue weighted by Crippen LogP contribution is 1.74. The minimum atomic E-state index is -0.667. The highest BCUT2D eigenvalue weighted by Gasteiger charge is 2.06. The summed E-state index contributed by atoms with van der Waals surface area (Å²) in [4.78, 5) is 10.1. The van der Waals surface area contributed by atoms with Gasteiger partial charge >= 0.3 is 0 Å². The average Bonchev–Trinajstić information content (AvgIpc) is 1.67. The lowest BCUT2D eigenvalue weighted by molar-refractivity contribution is -0.120. The molecular weight excluding hydrogens is 108 g/mol. The Labute approximate surface area is 47.8 Å². The zero-order valence-corrected chi connectivity index (χ0v) is 4.76. The van der Waals surface area contributed by atoms with Crippen molar-refractivity contribution in [3.05, 3.63) is 0 Å². The molecular formula is C4H10N2O2. The van der Waals surface area contributed by atoms with Gasteiger partial charge in [0.1, 0.15) is 6.04 Å². The van der Waals surface area contributed by atoms with Crippen LogP contribution in [0.25, 0.3) is 0 Å². The summed E-state index contributed by atoms with van der Waals surface area (Å²) in [5.74, 6) is -0.535. The molecule has 0 rings (SSSR count). The number of methoxy groups -OCH3 is 1. The monoisotopic (exact) mass is 118 g/mol. The van der Waals surface area contributed by atoms with Crippen LogP contribution in [0.1, 0.15) is 0 Å². The third-order valence-corrected chi connectivity index (χ3v) is 0.712. The van der Waals surface area contributed by atoms with Crippen molar-refractivity contribution in [3.63, 3.8) is 0 Å². The molecule has 1 atom stereocenters. The van der Waals surface area contributed by atoms with E-state index in [9.17, 15) is 4.79 Å². The molecule has 0 spiro atoms. The van der Waals surface area contributed by atoms with Gasteiger partial charge in [-0.15, -0.1) is 0 Å². The fourth-order valence-corrected chi connectivity index (χ4v) is 0.262. The van der Waals surface area contributed by atoms with Gasteiger partial charge in [0, 0.05) is 7.11 Å². The molecule has 0 aromatic heterocycles. The Bertz CT molecular complexity index is 84.1. The van der Waals surface area contributed by atoms with Crippen LogP contribution in [-0.2, 0) is 9.53 Å². The van der Waals surface area contributed by atoms with Crippen molar-refractivity contribution in [2.45, 2.75) is 6.04 Å². The molecule has 0 aromatic carbocycles. The Morgan fingerprint density at radius 1 is 1.88 bits per heavy atom. The summed E-state index contributed by atoms with van der Waals surface area (Å²) < 4.78 is 4.54. The van der Waals surface area contributed by atoms with Gasteiger partial charge in [-0.3, -0.25) is 4.79 Å². The van der Waals surface area contributed by atoms with Crippen LogP contribution in [0.2, 0.25) is 0 Å². The topological polar surface area (TPSA) is 78.3 Å². The molecule has 0 aliphatic rings. The number of carbonyl (C=O) groups excluding carboxylic acids is 1. The van der Waals surface area contributed by atoms with Gasteiger partial charge in [0.05, 0.1) is 6.61 Å². The van der Waals surface area contributed by atoms with Gasteiger partial charge in [0.15, 0.2) is 0 Å². The molecule has 0 saturated carbocycles. The molecule has 0 saturated heterocycles. The molecule has 4 N–H and O–H groups in total. The Hall–Kier alpha value is -0.610. The minimum Gasteiger partial charge on any atom is -0.383 e. The molecule has 0 aliphatic carbocycles. The first-order valence-corrected chi connectivity index (χ1v) is 2.22. The van der Waals surface area contributed by atoms with E-state index < -0.39 is 11.9 Å². The first kappa shape index (κ1) is 7.39. The van der Waals surface area contributed by atoms with E-state index in [2.05, 4.69) is 4.74 Å². The van der Waals surface area contributed by atoms with Crippen molar-refractivity contribution < 1.29 is 9.53 Å². The molecule has 0 bridgehead atoms. The summed E-state index contributed by atoms with van der Waals surface area (Å²) >= 11 is 0. The van der Waals surface area contributed by atoms with Crippen LogP contribution in [0, 0.1) is 0 Å².